The van der Waals surface area contributed by atoms with E-state index in [2.05, 4.69) is 4.98 Å². The smallest absolute Gasteiger partial charge is 0.411 e. The Labute approximate surface area is 172 Å². The van der Waals surface area contributed by atoms with Gasteiger partial charge >= 0.3 is 6.09 Å². The molecule has 0 N–H and O–H groups in total. The van der Waals surface area contributed by atoms with E-state index in [1.807, 2.05) is 4.90 Å². The van der Waals surface area contributed by atoms with E-state index in [1.165, 1.54) is 6.07 Å². The number of hydrogen-bond acceptors (Lipinski definition) is 7. The molecular formula is C20H22FN5O4. The highest BCUT2D eigenvalue weighted by molar-refractivity contribution is 6.13. The van der Waals surface area contributed by atoms with Crippen LogP contribution in [-0.4, -0.2) is 86.4 Å². The van der Waals surface area contributed by atoms with Crippen LogP contribution in [0.5, 0.6) is 5.88 Å². The number of nitrogens with zero attached hydrogens (tertiary/aromatic N) is 5. The first kappa shape index (κ1) is 18.9. The maximum atomic E-state index is 14.5. The van der Waals surface area contributed by atoms with Crippen LogP contribution in [0.1, 0.15) is 0 Å². The van der Waals surface area contributed by atoms with Crippen LogP contribution >= 0.6 is 0 Å². The van der Waals surface area contributed by atoms with Crippen LogP contribution in [0.4, 0.5) is 20.6 Å². The fourth-order valence-electron chi connectivity index (χ4n) is 4.29. The summed E-state index contributed by atoms with van der Waals surface area (Å²) >= 11 is 0. The number of aromatic nitrogens is 1. The Balaban J connectivity index is 1.56. The Hall–Kier alpha value is -3.14. The molecule has 10 heteroatoms. The molecule has 0 radical (unpaired) electrons. The third kappa shape index (κ3) is 2.82. The van der Waals surface area contributed by atoms with E-state index in [9.17, 15) is 14.0 Å². The molecule has 0 aliphatic carbocycles. The van der Waals surface area contributed by atoms with Crippen LogP contribution in [0, 0.1) is 5.82 Å². The number of anilines is 2. The van der Waals surface area contributed by atoms with Crippen LogP contribution in [0.3, 0.4) is 0 Å². The van der Waals surface area contributed by atoms with E-state index in [-0.39, 0.29) is 37.2 Å². The first-order valence-electron chi connectivity index (χ1n) is 9.85. The van der Waals surface area contributed by atoms with Crippen LogP contribution in [-0.2, 0) is 9.53 Å². The van der Waals surface area contributed by atoms with E-state index in [0.29, 0.717) is 30.7 Å². The molecule has 0 spiro atoms. The maximum absolute atomic E-state index is 14.5. The monoisotopic (exact) mass is 415 g/mol. The Kier molecular flexibility index (Phi) is 4.39. The van der Waals surface area contributed by atoms with Gasteiger partial charge in [0.05, 0.1) is 18.8 Å². The van der Waals surface area contributed by atoms with Gasteiger partial charge < -0.3 is 24.2 Å². The number of carbonyl (C=O) groups excluding carboxylic acids is 2. The molecule has 1 fully saturated rings. The number of amides is 2. The summed E-state index contributed by atoms with van der Waals surface area (Å²) in [7, 11) is 3.61. The molecule has 4 heterocycles. The molecule has 0 saturated carbocycles. The van der Waals surface area contributed by atoms with E-state index in [1.54, 1.807) is 40.9 Å². The standard InChI is InChI=1S/C20H22FN5O4/c1-23(2)11-30-20(28)24-6-7-25-14(10-24)19(27)26-8-9-29-18-17(26)16(25)12-4-3-5-13(21)15(12)22-18/h3-5,14H,6-11H2,1-2H3. The van der Waals surface area contributed by atoms with E-state index in [0.717, 1.165) is 5.69 Å². The van der Waals surface area contributed by atoms with Gasteiger partial charge in [-0.25, -0.2) is 14.2 Å². The number of fused-ring (bicyclic) bond motifs is 4. The van der Waals surface area contributed by atoms with Gasteiger partial charge in [-0.05, 0) is 20.2 Å². The zero-order valence-corrected chi connectivity index (χ0v) is 16.8. The van der Waals surface area contributed by atoms with Crippen LogP contribution in [0.15, 0.2) is 18.2 Å². The van der Waals surface area contributed by atoms with Gasteiger partial charge in [0, 0.05) is 18.5 Å². The Morgan fingerprint density at radius 3 is 2.93 bits per heavy atom. The van der Waals surface area contributed by atoms with Crippen LogP contribution < -0.4 is 14.5 Å². The van der Waals surface area contributed by atoms with E-state index >= 15 is 0 Å². The van der Waals surface area contributed by atoms with Crippen molar-refractivity contribution in [3.8, 4) is 5.88 Å². The van der Waals surface area contributed by atoms with Gasteiger partial charge in [0.1, 0.15) is 36.4 Å². The number of piperazine rings is 1. The lowest BCUT2D eigenvalue weighted by molar-refractivity contribution is -0.121. The molecule has 158 valence electrons. The van der Waals surface area contributed by atoms with Gasteiger partial charge in [-0.15, -0.1) is 0 Å². The van der Waals surface area contributed by atoms with Crippen molar-refractivity contribution in [3.63, 3.8) is 0 Å². The highest BCUT2D eigenvalue weighted by atomic mass is 19.1. The molecule has 3 aliphatic rings. The molecule has 2 amide bonds. The summed E-state index contributed by atoms with van der Waals surface area (Å²) < 4.78 is 25.5. The second-order valence-corrected chi connectivity index (χ2v) is 7.86. The fraction of sp³-hybridized carbons (Fsp3) is 0.450. The SMILES string of the molecule is CN(C)COC(=O)N1CCN2c3c4c(nc5c(F)cccc35)OCCN4C(=O)C2C1. The van der Waals surface area contributed by atoms with Crippen molar-refractivity contribution in [2.24, 2.45) is 0 Å². The molecular weight excluding hydrogens is 393 g/mol. The first-order chi connectivity index (χ1) is 14.5. The molecule has 9 nitrogen and oxygen atoms in total. The summed E-state index contributed by atoms with van der Waals surface area (Å²) in [4.78, 5) is 37.0. The van der Waals surface area contributed by atoms with Gasteiger partial charge in [0.2, 0.25) is 5.88 Å². The molecule has 1 aromatic heterocycles. The topological polar surface area (TPSA) is 78.5 Å². The number of carbonyl (C=O) groups is 2. The molecule has 2 aromatic rings. The van der Waals surface area contributed by atoms with Crippen molar-refractivity contribution in [2.45, 2.75) is 6.04 Å². The molecule has 3 aliphatic heterocycles. The van der Waals surface area contributed by atoms with Crippen LogP contribution in [0.2, 0.25) is 0 Å². The number of para-hydroxylation sites is 1. The quantitative estimate of drug-likeness (QED) is 0.684. The molecule has 0 bridgehead atoms. The number of rotatable bonds is 2. The highest BCUT2D eigenvalue weighted by Crippen LogP contribution is 2.48. The predicted octanol–water partition coefficient (Wildman–Crippen LogP) is 1.26. The normalized spacial score (nSPS) is 20.2. The van der Waals surface area contributed by atoms with Crippen LogP contribution in [0.25, 0.3) is 10.9 Å². The third-order valence-corrected chi connectivity index (χ3v) is 5.63. The number of benzene rings is 1. The molecule has 1 aromatic carbocycles. The minimum Gasteiger partial charge on any atom is -0.474 e. The highest BCUT2D eigenvalue weighted by Gasteiger charge is 2.46. The number of hydrogen-bond donors (Lipinski definition) is 0. The third-order valence-electron chi connectivity index (χ3n) is 5.63. The fourth-order valence-corrected chi connectivity index (χ4v) is 4.29. The lowest BCUT2D eigenvalue weighted by atomic mass is 10.00. The average molecular weight is 415 g/mol. The molecule has 1 unspecified atom stereocenters. The minimum absolute atomic E-state index is 0.116. The van der Waals surface area contributed by atoms with Crippen molar-refractivity contribution in [2.75, 3.05) is 63.4 Å². The van der Waals surface area contributed by atoms with E-state index < -0.39 is 18.0 Å². The first-order valence-corrected chi connectivity index (χ1v) is 9.85. The zero-order valence-electron chi connectivity index (χ0n) is 16.8. The van der Waals surface area contributed by atoms with Crippen molar-refractivity contribution in [1.29, 1.82) is 0 Å². The van der Waals surface area contributed by atoms with Gasteiger partial charge in [-0.2, -0.15) is 0 Å². The maximum Gasteiger partial charge on any atom is 0.411 e. The Bertz CT molecular complexity index is 1050. The lowest BCUT2D eigenvalue weighted by Gasteiger charge is -2.49. The minimum atomic E-state index is -0.571. The van der Waals surface area contributed by atoms with Gasteiger partial charge in [0.25, 0.3) is 5.91 Å². The summed E-state index contributed by atoms with van der Waals surface area (Å²) in [6.45, 7) is 1.86. The lowest BCUT2D eigenvalue weighted by Crippen LogP contribution is -2.64. The summed E-state index contributed by atoms with van der Waals surface area (Å²) in [5, 5.41) is 0.630. The largest absolute Gasteiger partial charge is 0.474 e. The van der Waals surface area contributed by atoms with Crippen molar-refractivity contribution in [3.05, 3.63) is 24.0 Å². The van der Waals surface area contributed by atoms with Crippen molar-refractivity contribution in [1.82, 2.24) is 14.8 Å². The summed E-state index contributed by atoms with van der Waals surface area (Å²) in [6.07, 6.45) is -0.449. The Morgan fingerprint density at radius 1 is 1.30 bits per heavy atom. The summed E-state index contributed by atoms with van der Waals surface area (Å²) in [6, 6.07) is 4.23. The second-order valence-electron chi connectivity index (χ2n) is 7.86. The number of halogens is 1. The second kappa shape index (κ2) is 6.98. The van der Waals surface area contributed by atoms with Gasteiger partial charge in [-0.3, -0.25) is 9.69 Å². The molecule has 5 rings (SSSR count). The Morgan fingerprint density at radius 2 is 2.13 bits per heavy atom. The van der Waals surface area contributed by atoms with E-state index in [4.69, 9.17) is 9.47 Å². The number of ether oxygens (including phenoxy) is 2. The summed E-state index contributed by atoms with van der Waals surface area (Å²) in [5.41, 5.74) is 1.54. The number of pyridine rings is 1. The molecule has 1 saturated heterocycles. The summed E-state index contributed by atoms with van der Waals surface area (Å²) in [5.74, 6) is -0.283. The molecule has 1 atom stereocenters. The van der Waals surface area contributed by atoms with Crippen molar-refractivity contribution < 1.29 is 23.5 Å². The van der Waals surface area contributed by atoms with Gasteiger partial charge in [0.15, 0.2) is 0 Å². The van der Waals surface area contributed by atoms with Gasteiger partial charge in [-0.1, -0.05) is 12.1 Å². The zero-order chi connectivity index (χ0) is 21.0. The predicted molar refractivity (Wildman–Crippen MR) is 107 cm³/mol. The average Bonchev–Trinajstić information content (AvgIpc) is 2.75. The van der Waals surface area contributed by atoms with Crippen molar-refractivity contribution >= 4 is 34.3 Å². The molecule has 30 heavy (non-hydrogen) atoms.